The number of likely N-dealkylation sites (N-methyl/N-ethyl adjacent to an activating group) is 1. The summed E-state index contributed by atoms with van der Waals surface area (Å²) in [4.78, 5) is 37.7. The molecule has 1 unspecified atom stereocenters. The van der Waals surface area contributed by atoms with Gasteiger partial charge in [-0.15, -0.1) is 0 Å². The molecule has 2 amide bonds. The lowest BCUT2D eigenvalue weighted by molar-refractivity contribution is -0.147. The van der Waals surface area contributed by atoms with Gasteiger partial charge in [0.05, 0.1) is 13.5 Å². The second-order valence-corrected chi connectivity index (χ2v) is 4.97. The minimum atomic E-state index is -1.27. The van der Waals surface area contributed by atoms with Gasteiger partial charge in [0.2, 0.25) is 0 Å². The van der Waals surface area contributed by atoms with Gasteiger partial charge in [-0.2, -0.15) is 0 Å². The predicted octanol–water partition coefficient (Wildman–Crippen LogP) is -0.652. The molecule has 0 aliphatic carbocycles. The van der Waals surface area contributed by atoms with E-state index in [1.807, 2.05) is 19.0 Å². The molecule has 0 aromatic rings. The van der Waals surface area contributed by atoms with Crippen molar-refractivity contribution in [2.45, 2.75) is 24.9 Å². The Balaban J connectivity index is 2.54. The van der Waals surface area contributed by atoms with E-state index in [1.165, 1.54) is 7.11 Å². The number of carboxylic acid groups (broad SMARTS) is 1. The van der Waals surface area contributed by atoms with Crippen LogP contribution >= 0.6 is 0 Å². The van der Waals surface area contributed by atoms with Crippen LogP contribution in [0.1, 0.15) is 12.8 Å². The monoisotopic (exact) mass is 287 g/mol. The summed E-state index contributed by atoms with van der Waals surface area (Å²) in [6.07, 6.45) is 0.456. The maximum atomic E-state index is 12.0. The SMILES string of the molecule is COC(=O)C[C@H](NC(=O)N1CCC(N(C)C)C1)C(=O)O. The molecule has 0 saturated carbocycles. The lowest BCUT2D eigenvalue weighted by atomic mass is 10.2. The summed E-state index contributed by atoms with van der Waals surface area (Å²) >= 11 is 0. The predicted molar refractivity (Wildman–Crippen MR) is 70.3 cm³/mol. The summed E-state index contributed by atoms with van der Waals surface area (Å²) in [5.41, 5.74) is 0. The maximum absolute atomic E-state index is 12.0. The Morgan fingerprint density at radius 2 is 2.10 bits per heavy atom. The van der Waals surface area contributed by atoms with Crippen LogP contribution in [0.2, 0.25) is 0 Å². The van der Waals surface area contributed by atoms with Crippen LogP contribution in [0.4, 0.5) is 4.79 Å². The standard InChI is InChI=1S/C12H21N3O5/c1-14(2)8-4-5-15(7-8)12(19)13-9(11(17)18)6-10(16)20-3/h8-9H,4-7H2,1-3H3,(H,13,19)(H,17,18)/t8?,9-/m0/s1. The fourth-order valence-electron chi connectivity index (χ4n) is 2.04. The first-order chi connectivity index (χ1) is 9.35. The quantitative estimate of drug-likeness (QED) is 0.652. The van der Waals surface area contributed by atoms with E-state index >= 15 is 0 Å². The number of rotatable bonds is 5. The van der Waals surface area contributed by atoms with Gasteiger partial charge >= 0.3 is 18.0 Å². The Morgan fingerprint density at radius 3 is 2.55 bits per heavy atom. The van der Waals surface area contributed by atoms with E-state index < -0.39 is 24.0 Å². The topological polar surface area (TPSA) is 99.2 Å². The number of carboxylic acids is 1. The number of amides is 2. The molecule has 0 spiro atoms. The number of hydrogen-bond donors (Lipinski definition) is 2. The van der Waals surface area contributed by atoms with Crippen LogP contribution in [0.25, 0.3) is 0 Å². The van der Waals surface area contributed by atoms with Crippen molar-refractivity contribution >= 4 is 18.0 Å². The molecular formula is C12H21N3O5. The zero-order valence-corrected chi connectivity index (χ0v) is 12.0. The van der Waals surface area contributed by atoms with Crippen molar-refractivity contribution in [1.82, 2.24) is 15.1 Å². The van der Waals surface area contributed by atoms with Crippen molar-refractivity contribution < 1.29 is 24.2 Å². The van der Waals surface area contributed by atoms with Crippen LogP contribution < -0.4 is 5.32 Å². The normalized spacial score (nSPS) is 19.8. The van der Waals surface area contributed by atoms with Gasteiger partial charge in [0, 0.05) is 19.1 Å². The smallest absolute Gasteiger partial charge is 0.326 e. The Kier molecular flexibility index (Phi) is 5.75. The van der Waals surface area contributed by atoms with Crippen molar-refractivity contribution in [3.05, 3.63) is 0 Å². The highest BCUT2D eigenvalue weighted by Gasteiger charge is 2.31. The van der Waals surface area contributed by atoms with Crippen LogP contribution in [-0.4, -0.2) is 79.3 Å². The summed E-state index contributed by atoms with van der Waals surface area (Å²) in [6, 6.07) is -1.47. The highest BCUT2D eigenvalue weighted by Crippen LogP contribution is 2.13. The van der Waals surface area contributed by atoms with E-state index in [4.69, 9.17) is 5.11 Å². The number of hydrogen-bond acceptors (Lipinski definition) is 5. The molecule has 2 atom stereocenters. The number of ether oxygens (including phenoxy) is 1. The third-order valence-electron chi connectivity index (χ3n) is 3.38. The number of urea groups is 1. The average Bonchev–Trinajstić information content (AvgIpc) is 2.87. The summed E-state index contributed by atoms with van der Waals surface area (Å²) in [6.45, 7) is 1.11. The van der Waals surface area contributed by atoms with Gasteiger partial charge in [0.15, 0.2) is 0 Å². The summed E-state index contributed by atoms with van der Waals surface area (Å²) < 4.78 is 4.41. The van der Waals surface area contributed by atoms with Gasteiger partial charge in [-0.05, 0) is 20.5 Å². The fraction of sp³-hybridized carbons (Fsp3) is 0.750. The summed E-state index contributed by atoms with van der Waals surface area (Å²) in [5, 5.41) is 11.4. The highest BCUT2D eigenvalue weighted by atomic mass is 16.5. The molecule has 1 heterocycles. The fourth-order valence-corrected chi connectivity index (χ4v) is 2.04. The number of carbonyl (C=O) groups excluding carboxylic acids is 2. The molecule has 114 valence electrons. The molecule has 1 fully saturated rings. The molecule has 0 aromatic heterocycles. The number of likely N-dealkylation sites (tertiary alicyclic amines) is 1. The molecule has 1 aliphatic heterocycles. The van der Waals surface area contributed by atoms with E-state index in [0.29, 0.717) is 13.1 Å². The third kappa shape index (κ3) is 4.37. The van der Waals surface area contributed by atoms with Gasteiger partial charge < -0.3 is 25.0 Å². The molecule has 20 heavy (non-hydrogen) atoms. The number of carbonyl (C=O) groups is 3. The van der Waals surface area contributed by atoms with Gasteiger partial charge in [-0.1, -0.05) is 0 Å². The zero-order chi connectivity index (χ0) is 15.3. The van der Waals surface area contributed by atoms with Gasteiger partial charge in [-0.3, -0.25) is 4.79 Å². The van der Waals surface area contributed by atoms with Gasteiger partial charge in [0.1, 0.15) is 6.04 Å². The molecule has 0 aromatic carbocycles. The Hall–Kier alpha value is -1.83. The van der Waals surface area contributed by atoms with E-state index in [9.17, 15) is 14.4 Å². The van der Waals surface area contributed by atoms with Crippen LogP contribution in [-0.2, 0) is 14.3 Å². The molecule has 1 rings (SSSR count). The minimum Gasteiger partial charge on any atom is -0.480 e. The largest absolute Gasteiger partial charge is 0.480 e. The van der Waals surface area contributed by atoms with Crippen LogP contribution in [0.5, 0.6) is 0 Å². The Morgan fingerprint density at radius 1 is 1.45 bits per heavy atom. The molecule has 8 heteroatoms. The van der Waals surface area contributed by atoms with Gasteiger partial charge in [-0.25, -0.2) is 9.59 Å². The Labute approximate surface area is 117 Å². The molecule has 8 nitrogen and oxygen atoms in total. The first-order valence-electron chi connectivity index (χ1n) is 6.36. The first kappa shape index (κ1) is 16.2. The van der Waals surface area contributed by atoms with E-state index in [1.54, 1.807) is 4.90 Å². The van der Waals surface area contributed by atoms with Gasteiger partial charge in [0.25, 0.3) is 0 Å². The van der Waals surface area contributed by atoms with Crippen molar-refractivity contribution in [2.75, 3.05) is 34.3 Å². The molecule has 0 radical (unpaired) electrons. The van der Waals surface area contributed by atoms with Crippen LogP contribution in [0.15, 0.2) is 0 Å². The lowest BCUT2D eigenvalue weighted by Crippen LogP contribution is -2.48. The van der Waals surface area contributed by atoms with E-state index in [-0.39, 0.29) is 12.5 Å². The number of nitrogens with zero attached hydrogens (tertiary/aromatic N) is 2. The summed E-state index contributed by atoms with van der Waals surface area (Å²) in [5.74, 6) is -1.93. The molecular weight excluding hydrogens is 266 g/mol. The zero-order valence-electron chi connectivity index (χ0n) is 12.0. The second kappa shape index (κ2) is 7.09. The molecule has 0 bridgehead atoms. The molecule has 1 saturated heterocycles. The van der Waals surface area contributed by atoms with E-state index in [0.717, 1.165) is 6.42 Å². The van der Waals surface area contributed by atoms with Crippen LogP contribution in [0, 0.1) is 0 Å². The Bertz CT molecular complexity index is 385. The third-order valence-corrected chi connectivity index (χ3v) is 3.38. The highest BCUT2D eigenvalue weighted by molar-refractivity contribution is 5.86. The number of methoxy groups -OCH3 is 1. The molecule has 2 N–H and O–H groups in total. The van der Waals surface area contributed by atoms with E-state index in [2.05, 4.69) is 10.1 Å². The average molecular weight is 287 g/mol. The second-order valence-electron chi connectivity index (χ2n) is 4.97. The van der Waals surface area contributed by atoms with Crippen molar-refractivity contribution in [1.29, 1.82) is 0 Å². The lowest BCUT2D eigenvalue weighted by Gasteiger charge is -2.22. The minimum absolute atomic E-state index is 0.268. The summed E-state index contributed by atoms with van der Waals surface area (Å²) in [7, 11) is 5.04. The maximum Gasteiger partial charge on any atom is 0.326 e. The number of nitrogens with one attached hydrogen (secondary N) is 1. The van der Waals surface area contributed by atoms with Crippen molar-refractivity contribution in [3.8, 4) is 0 Å². The number of esters is 1. The van der Waals surface area contributed by atoms with Crippen LogP contribution in [0.3, 0.4) is 0 Å². The number of aliphatic carboxylic acids is 1. The first-order valence-corrected chi connectivity index (χ1v) is 6.36. The molecule has 1 aliphatic rings. The van der Waals surface area contributed by atoms with Crippen molar-refractivity contribution in [3.63, 3.8) is 0 Å². The van der Waals surface area contributed by atoms with Crippen molar-refractivity contribution in [2.24, 2.45) is 0 Å².